The van der Waals surface area contributed by atoms with Crippen molar-refractivity contribution in [2.75, 3.05) is 24.5 Å². The van der Waals surface area contributed by atoms with E-state index in [9.17, 15) is 15.2 Å². The fourth-order valence-corrected chi connectivity index (χ4v) is 5.62. The van der Waals surface area contributed by atoms with Gasteiger partial charge in [-0.15, -0.1) is 0 Å². The first-order valence-electron chi connectivity index (χ1n) is 12.1. The molecule has 1 N–H and O–H groups in total. The van der Waals surface area contributed by atoms with Gasteiger partial charge >= 0.3 is 0 Å². The van der Waals surface area contributed by atoms with Gasteiger partial charge in [0.2, 0.25) is 0 Å². The highest BCUT2D eigenvalue weighted by Gasteiger charge is 2.35. The third-order valence-corrected chi connectivity index (χ3v) is 7.44. The molecule has 4 aromatic heterocycles. The van der Waals surface area contributed by atoms with Crippen molar-refractivity contribution in [2.24, 2.45) is 5.92 Å². The monoisotopic (exact) mass is 504 g/mol. The zero-order chi connectivity index (χ0) is 25.0. The number of carbonyl (C=O) groups is 1. The number of fused-ring (bicyclic) bond motifs is 2. The van der Waals surface area contributed by atoms with Crippen LogP contribution in [0.2, 0.25) is 5.15 Å². The van der Waals surface area contributed by atoms with Gasteiger partial charge in [-0.05, 0) is 38.3 Å². The third kappa shape index (κ3) is 3.67. The molecule has 0 aromatic carbocycles. The molecule has 11 heteroatoms. The average Bonchev–Trinajstić information content (AvgIpc) is 3.56. The lowest BCUT2D eigenvalue weighted by Gasteiger charge is -2.34. The van der Waals surface area contributed by atoms with E-state index >= 15 is 0 Å². The molecule has 36 heavy (non-hydrogen) atoms. The molecule has 0 unspecified atom stereocenters. The van der Waals surface area contributed by atoms with Crippen LogP contribution < -0.4 is 4.90 Å². The number of pyridine rings is 1. The lowest BCUT2D eigenvalue weighted by atomic mass is 9.99. The number of halogens is 1. The van der Waals surface area contributed by atoms with Crippen LogP contribution in [0.15, 0.2) is 36.7 Å². The largest absolute Gasteiger partial charge is 0.390 e. The lowest BCUT2D eigenvalue weighted by molar-refractivity contribution is 0.0598. The van der Waals surface area contributed by atoms with Crippen molar-refractivity contribution in [1.82, 2.24) is 28.9 Å². The van der Waals surface area contributed by atoms with Crippen LogP contribution >= 0.6 is 11.6 Å². The van der Waals surface area contributed by atoms with Crippen molar-refractivity contribution < 1.29 is 9.90 Å². The van der Waals surface area contributed by atoms with Crippen LogP contribution in [0.1, 0.15) is 47.1 Å². The summed E-state index contributed by atoms with van der Waals surface area (Å²) in [5.41, 5.74) is 3.32. The Bertz CT molecular complexity index is 1520. The van der Waals surface area contributed by atoms with E-state index in [-0.39, 0.29) is 17.1 Å². The van der Waals surface area contributed by atoms with Crippen LogP contribution in [0, 0.1) is 24.2 Å². The van der Waals surface area contributed by atoms with Crippen LogP contribution in [0.25, 0.3) is 11.3 Å². The molecule has 0 bridgehead atoms. The van der Waals surface area contributed by atoms with E-state index in [0.29, 0.717) is 36.6 Å². The molecule has 0 radical (unpaired) electrons. The van der Waals surface area contributed by atoms with E-state index in [1.807, 2.05) is 47.2 Å². The predicted octanol–water partition coefficient (Wildman–Crippen LogP) is 3.03. The van der Waals surface area contributed by atoms with E-state index in [2.05, 4.69) is 11.1 Å². The first-order valence-corrected chi connectivity index (χ1v) is 12.5. The molecule has 0 spiro atoms. The summed E-state index contributed by atoms with van der Waals surface area (Å²) in [5.74, 6) is 0.134. The number of rotatable bonds is 3. The number of carbonyl (C=O) groups excluding carboxylic acids is 1. The Kier molecular flexibility index (Phi) is 5.54. The van der Waals surface area contributed by atoms with Gasteiger partial charge in [-0.3, -0.25) is 9.20 Å². The summed E-state index contributed by atoms with van der Waals surface area (Å²) in [4.78, 5) is 26.7. The number of aliphatic hydroxyl groups is 1. The van der Waals surface area contributed by atoms with Crippen LogP contribution in [-0.2, 0) is 0 Å². The number of nitriles is 1. The number of aromatic nitrogens is 5. The molecule has 10 nitrogen and oxygen atoms in total. The SMILES string of the molecule is Cc1cn2nc([C@@H]3CCCCN3C(=O)c3c(Cl)nc4ccccn34)cc2nc1N1C[C@@H](C#N)[C@@H](O)C1. The van der Waals surface area contributed by atoms with Crippen molar-refractivity contribution in [3.05, 3.63) is 58.8 Å². The van der Waals surface area contributed by atoms with Gasteiger partial charge in [0.25, 0.3) is 5.91 Å². The number of piperidine rings is 1. The number of amides is 1. The molecule has 4 aromatic rings. The maximum atomic E-state index is 13.7. The number of nitrogens with zero attached hydrogens (tertiary/aromatic N) is 8. The van der Waals surface area contributed by atoms with Crippen molar-refractivity contribution >= 4 is 34.6 Å². The zero-order valence-electron chi connectivity index (χ0n) is 19.7. The quantitative estimate of drug-likeness (QED) is 0.456. The Morgan fingerprint density at radius 1 is 1.22 bits per heavy atom. The Morgan fingerprint density at radius 2 is 2.08 bits per heavy atom. The van der Waals surface area contributed by atoms with Crippen LogP contribution in [0.3, 0.4) is 0 Å². The maximum absolute atomic E-state index is 13.7. The predicted molar refractivity (Wildman–Crippen MR) is 133 cm³/mol. The second-order valence-corrected chi connectivity index (χ2v) is 9.88. The van der Waals surface area contributed by atoms with Gasteiger partial charge in [-0.1, -0.05) is 17.7 Å². The van der Waals surface area contributed by atoms with Crippen LogP contribution in [-0.4, -0.2) is 65.6 Å². The molecular weight excluding hydrogens is 480 g/mol. The molecule has 3 atom stereocenters. The second-order valence-electron chi connectivity index (χ2n) is 9.52. The first kappa shape index (κ1) is 22.8. The van der Waals surface area contributed by atoms with Gasteiger partial charge in [0, 0.05) is 43.7 Å². The molecule has 6 rings (SSSR count). The van der Waals surface area contributed by atoms with Gasteiger partial charge in [0.1, 0.15) is 11.5 Å². The highest BCUT2D eigenvalue weighted by Crippen LogP contribution is 2.34. The molecule has 2 aliphatic heterocycles. The standard InChI is InChI=1S/C25H25ClN8O2/c1-15-12-34-21(29-24(15)31-13-16(11-27)19(35)14-31)10-17(30-34)18-6-2-4-8-32(18)25(36)22-23(26)28-20-7-3-5-9-33(20)22/h3,5,7,9-10,12,16,18-19,35H,2,4,6,8,13-14H2,1H3/t16-,18+,19+/m1/s1. The number of imidazole rings is 1. The van der Waals surface area contributed by atoms with E-state index in [4.69, 9.17) is 21.7 Å². The third-order valence-electron chi connectivity index (χ3n) is 7.17. The van der Waals surface area contributed by atoms with Crippen molar-refractivity contribution in [3.63, 3.8) is 0 Å². The summed E-state index contributed by atoms with van der Waals surface area (Å²) >= 11 is 6.42. The smallest absolute Gasteiger partial charge is 0.274 e. The Morgan fingerprint density at radius 3 is 2.89 bits per heavy atom. The molecule has 0 aliphatic carbocycles. The molecule has 184 valence electrons. The lowest BCUT2D eigenvalue weighted by Crippen LogP contribution is -2.39. The normalized spacial score (nSPS) is 22.4. The number of hydrogen-bond acceptors (Lipinski definition) is 7. The van der Waals surface area contributed by atoms with Crippen molar-refractivity contribution in [2.45, 2.75) is 38.3 Å². The maximum Gasteiger partial charge on any atom is 0.274 e. The Balaban J connectivity index is 1.35. The highest BCUT2D eigenvalue weighted by atomic mass is 35.5. The number of hydrogen-bond donors (Lipinski definition) is 1. The van der Waals surface area contributed by atoms with Gasteiger partial charge in [0.15, 0.2) is 16.5 Å². The Hall–Kier alpha value is -3.68. The van der Waals surface area contributed by atoms with Gasteiger partial charge in [-0.25, -0.2) is 14.5 Å². The molecule has 2 saturated heterocycles. The summed E-state index contributed by atoms with van der Waals surface area (Å²) in [6.45, 7) is 3.35. The van der Waals surface area contributed by atoms with E-state index in [0.717, 1.165) is 36.3 Å². The molecule has 2 aliphatic rings. The van der Waals surface area contributed by atoms with Crippen LogP contribution in [0.5, 0.6) is 0 Å². The number of likely N-dealkylation sites (tertiary alicyclic amines) is 1. The fraction of sp³-hybridized carbons (Fsp3) is 0.400. The number of aliphatic hydroxyl groups excluding tert-OH is 1. The summed E-state index contributed by atoms with van der Waals surface area (Å²) in [7, 11) is 0. The van der Waals surface area contributed by atoms with Crippen molar-refractivity contribution in [3.8, 4) is 6.07 Å². The van der Waals surface area contributed by atoms with Crippen molar-refractivity contribution in [1.29, 1.82) is 5.26 Å². The van der Waals surface area contributed by atoms with Gasteiger partial charge in [0.05, 0.1) is 29.8 Å². The first-order chi connectivity index (χ1) is 17.4. The number of aryl methyl sites for hydroxylation is 1. The number of β-amino-alcohol motifs (C(OH)–C–C–N with tert-alkyl or cyclic N) is 1. The minimum Gasteiger partial charge on any atom is -0.390 e. The minimum absolute atomic E-state index is 0.168. The molecule has 2 fully saturated rings. The molecule has 0 saturated carbocycles. The van der Waals surface area contributed by atoms with E-state index in [1.165, 1.54) is 0 Å². The summed E-state index contributed by atoms with van der Waals surface area (Å²) in [5, 5.41) is 24.5. The highest BCUT2D eigenvalue weighted by molar-refractivity contribution is 6.32. The van der Waals surface area contributed by atoms with E-state index in [1.54, 1.807) is 15.1 Å². The Labute approximate surface area is 212 Å². The number of anilines is 1. The molecular formula is C25H25ClN8O2. The second kappa shape index (κ2) is 8.76. The summed E-state index contributed by atoms with van der Waals surface area (Å²) in [6.07, 6.45) is 5.69. The summed E-state index contributed by atoms with van der Waals surface area (Å²) < 4.78 is 3.47. The van der Waals surface area contributed by atoms with Gasteiger partial charge < -0.3 is 14.9 Å². The average molecular weight is 505 g/mol. The fourth-order valence-electron chi connectivity index (χ4n) is 5.37. The topological polar surface area (TPSA) is 115 Å². The van der Waals surface area contributed by atoms with Crippen LogP contribution in [0.4, 0.5) is 5.82 Å². The van der Waals surface area contributed by atoms with E-state index < -0.39 is 12.0 Å². The minimum atomic E-state index is -0.693. The molecule has 1 amide bonds. The van der Waals surface area contributed by atoms with Gasteiger partial charge in [-0.2, -0.15) is 10.4 Å². The zero-order valence-corrected chi connectivity index (χ0v) is 20.5. The summed E-state index contributed by atoms with van der Waals surface area (Å²) in [6, 6.07) is 9.41. The molecule has 6 heterocycles.